The third-order valence-electron chi connectivity index (χ3n) is 2.63. The second kappa shape index (κ2) is 5.33. The van der Waals surface area contributed by atoms with Gasteiger partial charge in [0.1, 0.15) is 18.2 Å². The molecule has 90 valence electrons. The summed E-state index contributed by atoms with van der Waals surface area (Å²) in [6.45, 7) is 2.06. The lowest BCUT2D eigenvalue weighted by Crippen LogP contribution is -1.96. The number of nitrogens with zero attached hydrogens (tertiary/aromatic N) is 1. The van der Waals surface area contributed by atoms with Crippen molar-refractivity contribution in [3.63, 3.8) is 0 Å². The Labute approximate surface area is 105 Å². The lowest BCUT2D eigenvalue weighted by atomic mass is 10.1. The fourth-order valence-electron chi connectivity index (χ4n) is 1.51. The molecule has 2 rings (SSSR count). The van der Waals surface area contributed by atoms with E-state index in [4.69, 9.17) is 10.00 Å². The van der Waals surface area contributed by atoms with Crippen molar-refractivity contribution in [2.45, 2.75) is 13.5 Å². The molecule has 0 amide bonds. The number of nitriles is 1. The van der Waals surface area contributed by atoms with Crippen LogP contribution in [0.5, 0.6) is 5.75 Å². The van der Waals surface area contributed by atoms with Gasteiger partial charge in [-0.2, -0.15) is 5.26 Å². The summed E-state index contributed by atoms with van der Waals surface area (Å²) < 4.78 is 18.8. The fourth-order valence-corrected chi connectivity index (χ4v) is 1.51. The normalized spacial score (nSPS) is 9.83. The van der Waals surface area contributed by atoms with Gasteiger partial charge in [0.05, 0.1) is 11.6 Å². The highest BCUT2D eigenvalue weighted by Crippen LogP contribution is 2.17. The van der Waals surface area contributed by atoms with E-state index in [2.05, 4.69) is 6.07 Å². The zero-order chi connectivity index (χ0) is 13.0. The third kappa shape index (κ3) is 2.86. The van der Waals surface area contributed by atoms with E-state index < -0.39 is 0 Å². The third-order valence-corrected chi connectivity index (χ3v) is 2.63. The molecule has 0 aliphatic heterocycles. The first kappa shape index (κ1) is 12.1. The molecule has 0 radical (unpaired) electrons. The maximum Gasteiger partial charge on any atom is 0.129 e. The Kier molecular flexibility index (Phi) is 3.59. The molecule has 0 unspecified atom stereocenters. The minimum atomic E-state index is -0.271. The van der Waals surface area contributed by atoms with Crippen LogP contribution in [-0.2, 0) is 6.61 Å². The molecule has 2 nitrogen and oxygen atoms in total. The van der Waals surface area contributed by atoms with Gasteiger partial charge in [-0.3, -0.25) is 0 Å². The van der Waals surface area contributed by atoms with Crippen LogP contribution in [0, 0.1) is 24.1 Å². The van der Waals surface area contributed by atoms with E-state index in [-0.39, 0.29) is 5.82 Å². The van der Waals surface area contributed by atoms with Gasteiger partial charge in [-0.15, -0.1) is 0 Å². The van der Waals surface area contributed by atoms with Gasteiger partial charge < -0.3 is 4.74 Å². The van der Waals surface area contributed by atoms with Crippen LogP contribution in [-0.4, -0.2) is 0 Å². The Balaban J connectivity index is 2.02. The molecule has 2 aromatic rings. The minimum absolute atomic E-state index is 0.271. The topological polar surface area (TPSA) is 33.0 Å². The Bertz CT molecular complexity index is 584. The summed E-state index contributed by atoms with van der Waals surface area (Å²) >= 11 is 0. The largest absolute Gasteiger partial charge is 0.489 e. The highest BCUT2D eigenvalue weighted by Gasteiger charge is 2.01. The highest BCUT2D eigenvalue weighted by molar-refractivity contribution is 5.32. The van der Waals surface area contributed by atoms with Gasteiger partial charge in [-0.05, 0) is 36.2 Å². The molecule has 0 heterocycles. The predicted octanol–water partition coefficient (Wildman–Crippen LogP) is 3.58. The molecule has 3 heteroatoms. The molecule has 0 aromatic heterocycles. The number of hydrogen-bond acceptors (Lipinski definition) is 2. The summed E-state index contributed by atoms with van der Waals surface area (Å²) in [7, 11) is 0. The Morgan fingerprint density at radius 1 is 1.17 bits per heavy atom. The van der Waals surface area contributed by atoms with E-state index in [1.807, 2.05) is 12.1 Å². The summed E-state index contributed by atoms with van der Waals surface area (Å²) in [5.74, 6) is 0.231. The van der Waals surface area contributed by atoms with Gasteiger partial charge in [-0.25, -0.2) is 4.39 Å². The van der Waals surface area contributed by atoms with Crippen LogP contribution >= 0.6 is 0 Å². The molecular formula is C15H12FNO. The van der Waals surface area contributed by atoms with Crippen LogP contribution < -0.4 is 4.74 Å². The number of ether oxygens (including phenoxy) is 1. The first-order valence-electron chi connectivity index (χ1n) is 5.57. The van der Waals surface area contributed by atoms with E-state index in [9.17, 15) is 4.39 Å². The van der Waals surface area contributed by atoms with E-state index in [0.717, 1.165) is 5.56 Å². The van der Waals surface area contributed by atoms with Crippen molar-refractivity contribution in [2.75, 3.05) is 0 Å². The molecule has 0 saturated heterocycles. The molecule has 0 bridgehead atoms. The summed E-state index contributed by atoms with van der Waals surface area (Å²) in [5.41, 5.74) is 2.15. The van der Waals surface area contributed by atoms with Crippen LogP contribution in [0.15, 0.2) is 42.5 Å². The van der Waals surface area contributed by atoms with Crippen molar-refractivity contribution in [1.82, 2.24) is 0 Å². The summed E-state index contributed by atoms with van der Waals surface area (Å²) in [6.07, 6.45) is 0. The van der Waals surface area contributed by atoms with Gasteiger partial charge in [0, 0.05) is 6.07 Å². The minimum Gasteiger partial charge on any atom is -0.489 e. The van der Waals surface area contributed by atoms with Gasteiger partial charge in [-0.1, -0.05) is 18.2 Å². The molecule has 0 fully saturated rings. The van der Waals surface area contributed by atoms with Gasteiger partial charge in [0.25, 0.3) is 0 Å². The van der Waals surface area contributed by atoms with Gasteiger partial charge in [0.2, 0.25) is 0 Å². The molecule has 0 atom stereocenters. The zero-order valence-corrected chi connectivity index (χ0v) is 9.98. The lowest BCUT2D eigenvalue weighted by Gasteiger charge is -2.07. The van der Waals surface area contributed by atoms with Crippen LogP contribution in [0.1, 0.15) is 16.7 Å². The van der Waals surface area contributed by atoms with E-state index in [0.29, 0.717) is 23.5 Å². The average molecular weight is 241 g/mol. The Morgan fingerprint density at radius 2 is 1.89 bits per heavy atom. The molecule has 18 heavy (non-hydrogen) atoms. The molecule has 0 aliphatic rings. The van der Waals surface area contributed by atoms with Crippen LogP contribution in [0.2, 0.25) is 0 Å². The second-order valence-corrected chi connectivity index (χ2v) is 4.01. The number of halogens is 1. The summed E-state index contributed by atoms with van der Waals surface area (Å²) in [6, 6.07) is 14.0. The number of benzene rings is 2. The Morgan fingerprint density at radius 3 is 2.50 bits per heavy atom. The quantitative estimate of drug-likeness (QED) is 0.822. The smallest absolute Gasteiger partial charge is 0.129 e. The monoisotopic (exact) mass is 241 g/mol. The number of rotatable bonds is 3. The lowest BCUT2D eigenvalue weighted by molar-refractivity contribution is 0.304. The van der Waals surface area contributed by atoms with E-state index >= 15 is 0 Å². The zero-order valence-electron chi connectivity index (χ0n) is 9.98. The molecule has 2 aromatic carbocycles. The predicted molar refractivity (Wildman–Crippen MR) is 66.6 cm³/mol. The maximum atomic E-state index is 13.3. The summed E-state index contributed by atoms with van der Waals surface area (Å²) in [4.78, 5) is 0. The molecule has 0 N–H and O–H groups in total. The van der Waals surface area contributed by atoms with Crippen LogP contribution in [0.3, 0.4) is 0 Å². The Hall–Kier alpha value is -2.34. The number of aryl methyl sites for hydroxylation is 1. The van der Waals surface area contributed by atoms with Crippen molar-refractivity contribution in [2.24, 2.45) is 0 Å². The molecular weight excluding hydrogens is 229 g/mol. The maximum absolute atomic E-state index is 13.3. The van der Waals surface area contributed by atoms with Crippen molar-refractivity contribution >= 4 is 0 Å². The van der Waals surface area contributed by atoms with Gasteiger partial charge >= 0.3 is 0 Å². The SMILES string of the molecule is Cc1ccc(OCc2ccc(C#N)cc2)cc1F. The molecule has 0 aliphatic carbocycles. The number of hydrogen-bond donors (Lipinski definition) is 0. The van der Waals surface area contributed by atoms with Crippen molar-refractivity contribution in [1.29, 1.82) is 5.26 Å². The first-order valence-corrected chi connectivity index (χ1v) is 5.57. The van der Waals surface area contributed by atoms with Crippen molar-refractivity contribution < 1.29 is 9.13 Å². The van der Waals surface area contributed by atoms with E-state index in [1.165, 1.54) is 6.07 Å². The fraction of sp³-hybridized carbons (Fsp3) is 0.133. The van der Waals surface area contributed by atoms with E-state index in [1.54, 1.807) is 31.2 Å². The standard InChI is InChI=1S/C15H12FNO/c1-11-2-7-14(8-15(11)16)18-10-13-5-3-12(9-17)4-6-13/h2-8H,10H2,1H3. The van der Waals surface area contributed by atoms with Gasteiger partial charge in [0.15, 0.2) is 0 Å². The highest BCUT2D eigenvalue weighted by atomic mass is 19.1. The average Bonchev–Trinajstić information content (AvgIpc) is 2.41. The first-order chi connectivity index (χ1) is 8.69. The summed E-state index contributed by atoms with van der Waals surface area (Å²) in [5, 5.41) is 8.67. The van der Waals surface area contributed by atoms with Crippen LogP contribution in [0.25, 0.3) is 0 Å². The van der Waals surface area contributed by atoms with Crippen LogP contribution in [0.4, 0.5) is 4.39 Å². The molecule has 0 spiro atoms. The van der Waals surface area contributed by atoms with Crippen molar-refractivity contribution in [3.8, 4) is 11.8 Å². The second-order valence-electron chi connectivity index (χ2n) is 4.01. The molecule has 0 saturated carbocycles. The van der Waals surface area contributed by atoms with Crippen molar-refractivity contribution in [3.05, 3.63) is 65.0 Å².